The average molecular weight is 238 g/mol. The maximum Gasteiger partial charge on any atom is 0.0686 e. The Kier molecular flexibility index (Phi) is 2.99. The van der Waals surface area contributed by atoms with Crippen molar-refractivity contribution < 1.29 is 9.84 Å². The van der Waals surface area contributed by atoms with Crippen molar-refractivity contribution in [3.63, 3.8) is 0 Å². The summed E-state index contributed by atoms with van der Waals surface area (Å²) < 4.78 is 6.12. The summed E-state index contributed by atoms with van der Waals surface area (Å²) >= 11 is 0. The summed E-state index contributed by atoms with van der Waals surface area (Å²) in [4.78, 5) is 0. The summed E-state index contributed by atoms with van der Waals surface area (Å²) in [5.41, 5.74) is -0.191. The predicted molar refractivity (Wildman–Crippen MR) is 67.8 cm³/mol. The van der Waals surface area contributed by atoms with Gasteiger partial charge in [-0.05, 0) is 50.4 Å². The van der Waals surface area contributed by atoms with Crippen LogP contribution >= 0.6 is 0 Å². The van der Waals surface area contributed by atoms with Crippen molar-refractivity contribution in [3.8, 4) is 0 Å². The van der Waals surface area contributed by atoms with Crippen LogP contribution in [0.2, 0.25) is 0 Å². The Bertz CT molecular complexity index is 269. The first-order valence-corrected chi connectivity index (χ1v) is 7.48. The topological polar surface area (TPSA) is 29.5 Å². The summed E-state index contributed by atoms with van der Waals surface area (Å²) in [6, 6.07) is 0. The lowest BCUT2D eigenvalue weighted by molar-refractivity contribution is -0.186. The van der Waals surface area contributed by atoms with Gasteiger partial charge in [0.25, 0.3) is 0 Å². The molecule has 3 fully saturated rings. The zero-order valence-electron chi connectivity index (χ0n) is 11.1. The molecule has 1 aliphatic heterocycles. The van der Waals surface area contributed by atoms with Gasteiger partial charge in [-0.15, -0.1) is 0 Å². The van der Waals surface area contributed by atoms with Gasteiger partial charge in [0, 0.05) is 6.61 Å². The van der Waals surface area contributed by atoms with Crippen LogP contribution in [0, 0.1) is 11.8 Å². The summed E-state index contributed by atoms with van der Waals surface area (Å²) in [7, 11) is 0. The second-order valence-electron chi connectivity index (χ2n) is 6.90. The normalized spacial score (nSPS) is 45.5. The average Bonchev–Trinajstić information content (AvgIpc) is 2.28. The molecule has 1 atom stereocenters. The number of hydrogen-bond acceptors (Lipinski definition) is 2. The highest BCUT2D eigenvalue weighted by Gasteiger charge is 2.51. The van der Waals surface area contributed by atoms with Gasteiger partial charge in [0.05, 0.1) is 11.2 Å². The van der Waals surface area contributed by atoms with Crippen LogP contribution in [0.15, 0.2) is 0 Å². The number of ether oxygens (including phenoxy) is 1. The minimum atomic E-state index is -0.340. The van der Waals surface area contributed by atoms with Crippen molar-refractivity contribution in [2.45, 2.75) is 75.9 Å². The van der Waals surface area contributed by atoms with Crippen LogP contribution in [0.1, 0.15) is 64.7 Å². The molecule has 1 spiro atoms. The molecular formula is C15H26O2. The highest BCUT2D eigenvalue weighted by Crippen LogP contribution is 2.51. The fourth-order valence-corrected chi connectivity index (χ4v) is 4.51. The number of hydrogen-bond donors (Lipinski definition) is 1. The fourth-order valence-electron chi connectivity index (χ4n) is 4.51. The molecule has 0 radical (unpaired) electrons. The summed E-state index contributed by atoms with van der Waals surface area (Å²) in [6.45, 7) is 3.13. The van der Waals surface area contributed by atoms with Gasteiger partial charge in [-0.3, -0.25) is 0 Å². The molecule has 98 valence electrons. The molecule has 0 bridgehead atoms. The van der Waals surface area contributed by atoms with Crippen molar-refractivity contribution in [1.29, 1.82) is 0 Å². The van der Waals surface area contributed by atoms with Crippen LogP contribution < -0.4 is 0 Å². The van der Waals surface area contributed by atoms with Crippen LogP contribution in [-0.4, -0.2) is 22.9 Å². The Hall–Kier alpha value is -0.0800. The maximum absolute atomic E-state index is 10.7. The molecule has 0 amide bonds. The van der Waals surface area contributed by atoms with Crippen LogP contribution in [0.3, 0.4) is 0 Å². The molecule has 2 nitrogen and oxygen atoms in total. The molecule has 0 aromatic rings. The zero-order valence-corrected chi connectivity index (χ0v) is 11.1. The lowest BCUT2D eigenvalue weighted by atomic mass is 9.60. The molecule has 2 heteroatoms. The van der Waals surface area contributed by atoms with Crippen molar-refractivity contribution in [2.24, 2.45) is 11.8 Å². The second kappa shape index (κ2) is 4.24. The van der Waals surface area contributed by atoms with E-state index in [0.29, 0.717) is 5.92 Å². The highest BCUT2D eigenvalue weighted by atomic mass is 16.5. The molecule has 2 aliphatic carbocycles. The molecule has 1 unspecified atom stereocenters. The van der Waals surface area contributed by atoms with E-state index in [1.807, 2.05) is 0 Å². The maximum atomic E-state index is 10.7. The monoisotopic (exact) mass is 238 g/mol. The molecule has 3 aliphatic rings. The van der Waals surface area contributed by atoms with E-state index in [1.54, 1.807) is 0 Å². The quantitative estimate of drug-likeness (QED) is 0.759. The smallest absolute Gasteiger partial charge is 0.0686 e. The highest BCUT2D eigenvalue weighted by molar-refractivity contribution is 5.02. The first-order valence-electron chi connectivity index (χ1n) is 7.48. The number of rotatable bonds is 1. The molecule has 0 aromatic heterocycles. The SMILES string of the molecule is CC1CC(O)(C2CCOC3(CCCCC3)C2)C1. The Balaban J connectivity index is 1.67. The van der Waals surface area contributed by atoms with Gasteiger partial charge in [-0.25, -0.2) is 0 Å². The summed E-state index contributed by atoms with van der Waals surface area (Å²) in [6.07, 6.45) is 10.7. The largest absolute Gasteiger partial charge is 0.390 e. The van der Waals surface area contributed by atoms with Crippen molar-refractivity contribution in [1.82, 2.24) is 0 Å². The van der Waals surface area contributed by atoms with Gasteiger partial charge >= 0.3 is 0 Å². The molecular weight excluding hydrogens is 212 g/mol. The van der Waals surface area contributed by atoms with Gasteiger partial charge in [0.15, 0.2) is 0 Å². The van der Waals surface area contributed by atoms with Gasteiger partial charge in [-0.1, -0.05) is 26.2 Å². The summed E-state index contributed by atoms with van der Waals surface area (Å²) in [5, 5.41) is 10.7. The van der Waals surface area contributed by atoms with E-state index >= 15 is 0 Å². The zero-order chi connectivity index (χ0) is 11.9. The molecule has 0 aromatic carbocycles. The third-order valence-electron chi connectivity index (χ3n) is 5.42. The Morgan fingerprint density at radius 1 is 1.06 bits per heavy atom. The van der Waals surface area contributed by atoms with Crippen LogP contribution in [-0.2, 0) is 4.74 Å². The standard InChI is InChI=1S/C15H26O2/c1-12-9-15(16,10-12)13-5-8-17-14(11-13)6-3-2-4-7-14/h12-13,16H,2-11H2,1H3. The molecule has 1 heterocycles. The first kappa shape index (κ1) is 12.0. The van der Waals surface area contributed by atoms with E-state index in [2.05, 4.69) is 6.92 Å². The molecule has 1 N–H and O–H groups in total. The van der Waals surface area contributed by atoms with Gasteiger partial charge in [0.1, 0.15) is 0 Å². The lowest BCUT2D eigenvalue weighted by Crippen LogP contribution is -2.54. The second-order valence-corrected chi connectivity index (χ2v) is 6.90. The number of aliphatic hydroxyl groups is 1. The van der Waals surface area contributed by atoms with E-state index in [1.165, 1.54) is 32.1 Å². The van der Waals surface area contributed by atoms with E-state index in [9.17, 15) is 5.11 Å². The van der Waals surface area contributed by atoms with Gasteiger partial charge in [0.2, 0.25) is 0 Å². The molecule has 17 heavy (non-hydrogen) atoms. The predicted octanol–water partition coefficient (Wildman–Crippen LogP) is 3.28. The van der Waals surface area contributed by atoms with Crippen molar-refractivity contribution >= 4 is 0 Å². The van der Waals surface area contributed by atoms with E-state index in [-0.39, 0.29) is 11.2 Å². The van der Waals surface area contributed by atoms with Crippen molar-refractivity contribution in [2.75, 3.05) is 6.61 Å². The van der Waals surface area contributed by atoms with Crippen LogP contribution in [0.5, 0.6) is 0 Å². The first-order chi connectivity index (χ1) is 8.12. The van der Waals surface area contributed by atoms with Gasteiger partial charge in [-0.2, -0.15) is 0 Å². The Morgan fingerprint density at radius 3 is 2.41 bits per heavy atom. The molecule has 1 saturated heterocycles. The van der Waals surface area contributed by atoms with Crippen molar-refractivity contribution in [3.05, 3.63) is 0 Å². The fraction of sp³-hybridized carbons (Fsp3) is 1.00. The molecule has 2 saturated carbocycles. The lowest BCUT2D eigenvalue weighted by Gasteiger charge is -2.53. The van der Waals surface area contributed by atoms with Crippen LogP contribution in [0.4, 0.5) is 0 Å². The summed E-state index contributed by atoms with van der Waals surface area (Å²) in [5.74, 6) is 1.23. The Morgan fingerprint density at radius 2 is 1.76 bits per heavy atom. The van der Waals surface area contributed by atoms with E-state index in [0.717, 1.165) is 38.2 Å². The van der Waals surface area contributed by atoms with E-state index in [4.69, 9.17) is 4.74 Å². The minimum absolute atomic E-state index is 0.149. The Labute approximate surface area is 105 Å². The third-order valence-corrected chi connectivity index (χ3v) is 5.42. The molecule has 3 rings (SSSR count). The van der Waals surface area contributed by atoms with E-state index < -0.39 is 0 Å². The van der Waals surface area contributed by atoms with Crippen LogP contribution in [0.25, 0.3) is 0 Å². The third kappa shape index (κ3) is 2.15. The van der Waals surface area contributed by atoms with Gasteiger partial charge < -0.3 is 9.84 Å². The minimum Gasteiger partial charge on any atom is -0.390 e.